The smallest absolute Gasteiger partial charge is 0.256 e. The molecule has 3 aromatic rings. The number of benzene rings is 3. The first kappa shape index (κ1) is 19.6. The van der Waals surface area contributed by atoms with E-state index >= 15 is 0 Å². The van der Waals surface area contributed by atoms with Crippen LogP contribution < -0.4 is 15.0 Å². The summed E-state index contributed by atoms with van der Waals surface area (Å²) >= 11 is 0. The number of para-hydroxylation sites is 3. The summed E-state index contributed by atoms with van der Waals surface area (Å²) in [5.74, 6) is 1.06. The van der Waals surface area contributed by atoms with Gasteiger partial charge in [-0.3, -0.25) is 4.79 Å². The van der Waals surface area contributed by atoms with Crippen molar-refractivity contribution < 1.29 is 14.6 Å². The molecule has 1 aliphatic heterocycles. The lowest BCUT2D eigenvalue weighted by Crippen LogP contribution is -2.48. The third-order valence-corrected chi connectivity index (χ3v) is 5.32. The van der Waals surface area contributed by atoms with E-state index in [0.717, 1.165) is 22.8 Å². The molecule has 0 atom stereocenters. The molecule has 1 saturated heterocycles. The van der Waals surface area contributed by atoms with Crippen LogP contribution in [0.5, 0.6) is 11.5 Å². The van der Waals surface area contributed by atoms with Crippen LogP contribution in [0.1, 0.15) is 10.4 Å². The van der Waals surface area contributed by atoms with Gasteiger partial charge in [0, 0.05) is 31.9 Å². The van der Waals surface area contributed by atoms with E-state index in [4.69, 9.17) is 4.74 Å². The number of hydrogen-bond acceptors (Lipinski definition) is 5. The third kappa shape index (κ3) is 4.17. The number of anilines is 3. The summed E-state index contributed by atoms with van der Waals surface area (Å²) in [5.41, 5.74) is 3.12. The van der Waals surface area contributed by atoms with Crippen LogP contribution in [0.4, 0.5) is 17.1 Å². The lowest BCUT2D eigenvalue weighted by molar-refractivity contribution is 0.0747. The minimum absolute atomic E-state index is 0.00328. The van der Waals surface area contributed by atoms with E-state index in [2.05, 4.69) is 10.2 Å². The maximum absolute atomic E-state index is 13.2. The Bertz CT molecular complexity index is 1010. The molecule has 154 valence electrons. The van der Waals surface area contributed by atoms with Gasteiger partial charge in [0.1, 0.15) is 11.5 Å². The number of carbonyl (C=O) groups is 1. The van der Waals surface area contributed by atoms with Crippen LogP contribution in [0.15, 0.2) is 72.8 Å². The van der Waals surface area contributed by atoms with Crippen molar-refractivity contribution in [2.45, 2.75) is 0 Å². The van der Waals surface area contributed by atoms with Crippen LogP contribution in [0.25, 0.3) is 0 Å². The molecule has 1 fully saturated rings. The van der Waals surface area contributed by atoms with Gasteiger partial charge in [0.25, 0.3) is 5.91 Å². The van der Waals surface area contributed by atoms with Gasteiger partial charge < -0.3 is 25.0 Å². The molecule has 0 saturated carbocycles. The monoisotopic (exact) mass is 403 g/mol. The zero-order valence-corrected chi connectivity index (χ0v) is 16.9. The van der Waals surface area contributed by atoms with Crippen molar-refractivity contribution in [1.82, 2.24) is 4.90 Å². The van der Waals surface area contributed by atoms with E-state index in [9.17, 15) is 9.90 Å². The second kappa shape index (κ2) is 8.78. The Hall–Kier alpha value is -3.67. The van der Waals surface area contributed by atoms with E-state index in [1.54, 1.807) is 13.2 Å². The Morgan fingerprint density at radius 1 is 0.900 bits per heavy atom. The number of ether oxygens (including phenoxy) is 1. The maximum atomic E-state index is 13.2. The van der Waals surface area contributed by atoms with Gasteiger partial charge in [-0.1, -0.05) is 24.3 Å². The number of amides is 1. The first-order chi connectivity index (χ1) is 14.7. The highest BCUT2D eigenvalue weighted by molar-refractivity contribution is 6.00. The molecule has 1 aliphatic rings. The van der Waals surface area contributed by atoms with Crippen LogP contribution in [-0.2, 0) is 0 Å². The normalized spacial score (nSPS) is 13.8. The van der Waals surface area contributed by atoms with Crippen molar-refractivity contribution >= 4 is 23.0 Å². The number of methoxy groups -OCH3 is 1. The molecule has 4 rings (SSSR count). The second-order valence-corrected chi connectivity index (χ2v) is 7.17. The molecule has 0 aliphatic carbocycles. The highest BCUT2D eigenvalue weighted by Crippen LogP contribution is 2.28. The Labute approximate surface area is 176 Å². The molecule has 3 aromatic carbocycles. The number of aromatic hydroxyl groups is 1. The summed E-state index contributed by atoms with van der Waals surface area (Å²) in [6.07, 6.45) is 0. The Balaban J connectivity index is 1.46. The molecule has 30 heavy (non-hydrogen) atoms. The van der Waals surface area contributed by atoms with E-state index in [1.165, 1.54) is 0 Å². The molecule has 1 heterocycles. The van der Waals surface area contributed by atoms with E-state index in [-0.39, 0.29) is 11.7 Å². The number of rotatable bonds is 5. The largest absolute Gasteiger partial charge is 0.506 e. The fourth-order valence-corrected chi connectivity index (χ4v) is 3.66. The van der Waals surface area contributed by atoms with E-state index in [1.807, 2.05) is 71.6 Å². The van der Waals surface area contributed by atoms with Crippen molar-refractivity contribution in [3.05, 3.63) is 78.4 Å². The third-order valence-electron chi connectivity index (χ3n) is 5.32. The molecule has 0 bridgehead atoms. The molecule has 0 aromatic heterocycles. The SMILES string of the molecule is COc1ccc(Nc2ccccc2C(=O)N2CCN(c3ccccc3O)CC2)cc1. The van der Waals surface area contributed by atoms with Crippen LogP contribution in [0.2, 0.25) is 0 Å². The van der Waals surface area contributed by atoms with Gasteiger partial charge in [0.2, 0.25) is 0 Å². The number of phenols is 1. The fourth-order valence-electron chi connectivity index (χ4n) is 3.66. The number of phenolic OH excluding ortho intramolecular Hbond substituents is 1. The Morgan fingerprint density at radius 3 is 2.27 bits per heavy atom. The standard InChI is InChI=1S/C24H25N3O3/c1-30-19-12-10-18(11-13-19)25-21-7-3-2-6-20(21)24(29)27-16-14-26(15-17-27)22-8-4-5-9-23(22)28/h2-13,25,28H,14-17H2,1H3. The van der Waals surface area contributed by atoms with Crippen molar-refractivity contribution in [2.24, 2.45) is 0 Å². The summed E-state index contributed by atoms with van der Waals surface area (Å²) in [6, 6.07) is 22.5. The maximum Gasteiger partial charge on any atom is 0.256 e. The average Bonchev–Trinajstić information content (AvgIpc) is 2.80. The molecule has 0 radical (unpaired) electrons. The summed E-state index contributed by atoms with van der Waals surface area (Å²) in [5, 5.41) is 13.4. The summed E-state index contributed by atoms with van der Waals surface area (Å²) < 4.78 is 5.20. The van der Waals surface area contributed by atoms with Crippen LogP contribution in [0, 0.1) is 0 Å². The van der Waals surface area contributed by atoms with Crippen molar-refractivity contribution in [3.8, 4) is 11.5 Å². The van der Waals surface area contributed by atoms with E-state index < -0.39 is 0 Å². The molecular formula is C24H25N3O3. The quantitative estimate of drug-likeness (QED) is 0.671. The summed E-state index contributed by atoms with van der Waals surface area (Å²) in [7, 11) is 1.63. The van der Waals surface area contributed by atoms with Gasteiger partial charge >= 0.3 is 0 Å². The minimum atomic E-state index is 0.00328. The van der Waals surface area contributed by atoms with Crippen molar-refractivity contribution in [2.75, 3.05) is 43.5 Å². The Kier molecular flexibility index (Phi) is 5.75. The molecular weight excluding hydrogens is 378 g/mol. The second-order valence-electron chi connectivity index (χ2n) is 7.17. The molecule has 1 amide bonds. The number of nitrogens with one attached hydrogen (secondary N) is 1. The summed E-state index contributed by atoms with van der Waals surface area (Å²) in [4.78, 5) is 17.2. The highest BCUT2D eigenvalue weighted by Gasteiger charge is 2.24. The van der Waals surface area contributed by atoms with Gasteiger partial charge in [-0.15, -0.1) is 0 Å². The lowest BCUT2D eigenvalue weighted by Gasteiger charge is -2.36. The molecule has 2 N–H and O–H groups in total. The van der Waals surface area contributed by atoms with Crippen molar-refractivity contribution in [3.63, 3.8) is 0 Å². The number of hydrogen-bond donors (Lipinski definition) is 2. The van der Waals surface area contributed by atoms with Crippen LogP contribution in [-0.4, -0.2) is 49.2 Å². The van der Waals surface area contributed by atoms with Crippen LogP contribution in [0.3, 0.4) is 0 Å². The fraction of sp³-hybridized carbons (Fsp3) is 0.208. The predicted molar refractivity (Wildman–Crippen MR) is 119 cm³/mol. The topological polar surface area (TPSA) is 65.0 Å². The first-order valence-corrected chi connectivity index (χ1v) is 9.98. The molecule has 0 unspecified atom stereocenters. The van der Waals surface area contributed by atoms with Gasteiger partial charge in [-0.2, -0.15) is 0 Å². The number of piperazine rings is 1. The zero-order valence-electron chi connectivity index (χ0n) is 16.9. The number of nitrogens with zero attached hydrogens (tertiary/aromatic N) is 2. The average molecular weight is 403 g/mol. The first-order valence-electron chi connectivity index (χ1n) is 9.98. The summed E-state index contributed by atoms with van der Waals surface area (Å²) in [6.45, 7) is 2.56. The predicted octanol–water partition coefficient (Wildman–Crippen LogP) is 4.11. The Morgan fingerprint density at radius 2 is 1.57 bits per heavy atom. The van der Waals surface area contributed by atoms with Crippen molar-refractivity contribution in [1.29, 1.82) is 0 Å². The van der Waals surface area contributed by atoms with Gasteiger partial charge in [-0.05, 0) is 48.5 Å². The minimum Gasteiger partial charge on any atom is -0.506 e. The molecule has 6 heteroatoms. The number of carbonyl (C=O) groups excluding carboxylic acids is 1. The van der Waals surface area contributed by atoms with Gasteiger partial charge in [0.05, 0.1) is 24.0 Å². The lowest BCUT2D eigenvalue weighted by atomic mass is 10.1. The van der Waals surface area contributed by atoms with Crippen LogP contribution >= 0.6 is 0 Å². The zero-order chi connectivity index (χ0) is 20.9. The highest BCUT2D eigenvalue weighted by atomic mass is 16.5. The molecule has 0 spiro atoms. The van der Waals surface area contributed by atoms with Gasteiger partial charge in [0.15, 0.2) is 0 Å². The van der Waals surface area contributed by atoms with Gasteiger partial charge in [-0.25, -0.2) is 0 Å². The molecule has 6 nitrogen and oxygen atoms in total. The van der Waals surface area contributed by atoms with E-state index in [0.29, 0.717) is 31.7 Å².